The fourth-order valence-electron chi connectivity index (χ4n) is 3.41. The summed E-state index contributed by atoms with van der Waals surface area (Å²) in [6.45, 7) is 1.97. The third kappa shape index (κ3) is 3.29. The van der Waals surface area contributed by atoms with Crippen LogP contribution in [0.2, 0.25) is 0 Å². The van der Waals surface area contributed by atoms with Crippen LogP contribution in [0.3, 0.4) is 0 Å². The van der Waals surface area contributed by atoms with Crippen LogP contribution in [0.5, 0.6) is 0 Å². The molecule has 142 valence electrons. The van der Waals surface area contributed by atoms with Crippen molar-refractivity contribution < 1.29 is 17.6 Å². The fraction of sp³-hybridized carbons (Fsp3) is 0.238. The lowest BCUT2D eigenvalue weighted by Crippen LogP contribution is -2.18. The van der Waals surface area contributed by atoms with Crippen molar-refractivity contribution in [2.24, 2.45) is 0 Å². The molecule has 28 heavy (non-hydrogen) atoms. The first-order valence-corrected chi connectivity index (χ1v) is 9.66. The molecule has 2 aromatic heterocycles. The smallest absolute Gasteiger partial charge is 0.418 e. The third-order valence-electron chi connectivity index (χ3n) is 4.76. The second-order valence-electron chi connectivity index (χ2n) is 6.64. The molecule has 0 bridgehead atoms. The Labute approximate surface area is 164 Å². The van der Waals surface area contributed by atoms with Gasteiger partial charge in [0.2, 0.25) is 0 Å². The number of thioether (sulfide) groups is 1. The highest BCUT2D eigenvalue weighted by atomic mass is 32.2. The zero-order valence-electron chi connectivity index (χ0n) is 14.9. The van der Waals surface area contributed by atoms with Crippen LogP contribution in [0, 0.1) is 18.3 Å². The lowest BCUT2D eigenvalue weighted by molar-refractivity contribution is -0.138. The highest BCUT2D eigenvalue weighted by Crippen LogP contribution is 2.45. The largest absolute Gasteiger partial charge is 0.469 e. The number of benzene rings is 1. The van der Waals surface area contributed by atoms with Crippen LogP contribution < -0.4 is 0 Å². The van der Waals surface area contributed by atoms with E-state index >= 15 is 0 Å². The summed E-state index contributed by atoms with van der Waals surface area (Å²) in [6, 6.07) is 11.1. The molecule has 1 aromatic carbocycles. The number of aromatic nitrogens is 1. The molecule has 0 fully saturated rings. The molecule has 0 spiro atoms. The lowest BCUT2D eigenvalue weighted by Gasteiger charge is -2.22. The Balaban J connectivity index is 1.83. The maximum Gasteiger partial charge on any atom is 0.418 e. The molecule has 0 unspecified atom stereocenters. The molecule has 0 saturated carbocycles. The predicted molar refractivity (Wildman–Crippen MR) is 99.8 cm³/mol. The second-order valence-corrected chi connectivity index (χ2v) is 7.60. The Morgan fingerprint density at radius 3 is 2.61 bits per heavy atom. The Bertz CT molecular complexity index is 1080. The highest BCUT2D eigenvalue weighted by Gasteiger charge is 2.41. The molecule has 1 aliphatic rings. The Morgan fingerprint density at radius 1 is 1.18 bits per heavy atom. The van der Waals surface area contributed by atoms with Crippen LogP contribution in [-0.4, -0.2) is 4.98 Å². The minimum absolute atomic E-state index is 0.0811. The quantitative estimate of drug-likeness (QED) is 0.511. The van der Waals surface area contributed by atoms with Gasteiger partial charge in [-0.1, -0.05) is 29.8 Å². The van der Waals surface area contributed by atoms with Gasteiger partial charge in [-0.2, -0.15) is 18.4 Å². The maximum absolute atomic E-state index is 13.9. The number of furan rings is 1. The van der Waals surface area contributed by atoms with E-state index in [1.165, 1.54) is 6.26 Å². The number of fused-ring (bicyclic) bond motifs is 3. The van der Waals surface area contributed by atoms with Gasteiger partial charge in [0.25, 0.3) is 0 Å². The van der Waals surface area contributed by atoms with Crippen LogP contribution >= 0.6 is 11.8 Å². The first kappa shape index (κ1) is 18.6. The van der Waals surface area contributed by atoms with E-state index in [-0.39, 0.29) is 22.7 Å². The molecule has 0 radical (unpaired) electrons. The Hall–Kier alpha value is -2.72. The summed E-state index contributed by atoms with van der Waals surface area (Å²) < 4.78 is 47.1. The Kier molecular flexibility index (Phi) is 4.68. The fourth-order valence-corrected chi connectivity index (χ4v) is 4.35. The van der Waals surface area contributed by atoms with Crippen molar-refractivity contribution in [3.8, 4) is 17.3 Å². The number of hydrogen-bond donors (Lipinski definition) is 0. The standard InChI is InChI=1S/C21H15F3N2OS/c1-12-2-4-13(5-3-12)11-28-20-16(10-25)18(21(22,23)24)15-6-7-17-14(8-9-27-17)19(15)26-20/h2-5,8-9H,6-7,11H2,1H3. The van der Waals surface area contributed by atoms with Crippen molar-refractivity contribution in [1.29, 1.82) is 5.26 Å². The van der Waals surface area contributed by atoms with Gasteiger partial charge in [-0.05, 0) is 30.5 Å². The summed E-state index contributed by atoms with van der Waals surface area (Å²) in [5, 5.41) is 9.63. The van der Waals surface area contributed by atoms with E-state index in [1.807, 2.05) is 31.2 Å². The Morgan fingerprint density at radius 2 is 1.93 bits per heavy atom. The zero-order valence-corrected chi connectivity index (χ0v) is 15.7. The highest BCUT2D eigenvalue weighted by molar-refractivity contribution is 7.98. The number of alkyl halides is 3. The minimum Gasteiger partial charge on any atom is -0.469 e. The van der Waals surface area contributed by atoms with E-state index in [2.05, 4.69) is 4.98 Å². The van der Waals surface area contributed by atoms with Gasteiger partial charge in [-0.25, -0.2) is 4.98 Å². The van der Waals surface area contributed by atoms with Gasteiger partial charge in [0.05, 0.1) is 23.1 Å². The van der Waals surface area contributed by atoms with Gasteiger partial charge in [-0.3, -0.25) is 0 Å². The van der Waals surface area contributed by atoms with Crippen LogP contribution in [0.4, 0.5) is 13.2 Å². The van der Waals surface area contributed by atoms with Crippen molar-refractivity contribution in [1.82, 2.24) is 4.98 Å². The van der Waals surface area contributed by atoms with Gasteiger partial charge < -0.3 is 4.42 Å². The number of hydrogen-bond acceptors (Lipinski definition) is 4. The van der Waals surface area contributed by atoms with E-state index in [0.29, 0.717) is 23.5 Å². The average molecular weight is 400 g/mol. The molecule has 4 rings (SSSR count). The molecule has 3 aromatic rings. The molecule has 7 heteroatoms. The molecular formula is C21H15F3N2OS. The number of nitrogens with zero attached hydrogens (tertiary/aromatic N) is 2. The number of pyridine rings is 1. The molecule has 0 saturated heterocycles. The minimum atomic E-state index is -4.63. The molecule has 0 aliphatic heterocycles. The summed E-state index contributed by atoms with van der Waals surface area (Å²) in [7, 11) is 0. The van der Waals surface area contributed by atoms with Crippen molar-refractivity contribution in [3.05, 3.63) is 70.2 Å². The summed E-state index contributed by atoms with van der Waals surface area (Å²) >= 11 is 1.15. The van der Waals surface area contributed by atoms with E-state index in [1.54, 1.807) is 12.1 Å². The molecule has 2 heterocycles. The molecule has 0 N–H and O–H groups in total. The topological polar surface area (TPSA) is 49.8 Å². The molecule has 0 amide bonds. The van der Waals surface area contributed by atoms with E-state index in [0.717, 1.165) is 22.9 Å². The van der Waals surface area contributed by atoms with Gasteiger partial charge >= 0.3 is 6.18 Å². The van der Waals surface area contributed by atoms with E-state index in [9.17, 15) is 18.4 Å². The van der Waals surface area contributed by atoms with Gasteiger partial charge in [-0.15, -0.1) is 11.8 Å². The van der Waals surface area contributed by atoms with Crippen LogP contribution in [0.15, 0.2) is 46.0 Å². The van der Waals surface area contributed by atoms with E-state index in [4.69, 9.17) is 4.42 Å². The first-order chi connectivity index (χ1) is 13.4. The van der Waals surface area contributed by atoms with Crippen molar-refractivity contribution >= 4 is 11.8 Å². The van der Waals surface area contributed by atoms with Crippen LogP contribution in [0.25, 0.3) is 11.3 Å². The monoisotopic (exact) mass is 400 g/mol. The normalized spacial score (nSPS) is 13.0. The molecule has 0 atom stereocenters. The lowest BCUT2D eigenvalue weighted by atomic mass is 9.89. The van der Waals surface area contributed by atoms with Crippen molar-refractivity contribution in [3.63, 3.8) is 0 Å². The zero-order chi connectivity index (χ0) is 19.9. The SMILES string of the molecule is Cc1ccc(CSc2nc3c(c(C(F)(F)F)c2C#N)CCc2occc2-3)cc1. The summed E-state index contributed by atoms with van der Waals surface area (Å²) in [5.74, 6) is 1.06. The number of nitriles is 1. The maximum atomic E-state index is 13.9. The van der Waals surface area contributed by atoms with Gasteiger partial charge in [0.1, 0.15) is 16.9 Å². The first-order valence-electron chi connectivity index (χ1n) is 8.67. The summed E-state index contributed by atoms with van der Waals surface area (Å²) in [4.78, 5) is 4.48. The number of rotatable bonds is 3. The van der Waals surface area contributed by atoms with Crippen molar-refractivity contribution in [2.45, 2.75) is 36.7 Å². The number of aryl methyl sites for hydroxylation is 2. The molecule has 1 aliphatic carbocycles. The summed E-state index contributed by atoms with van der Waals surface area (Å²) in [6.07, 6.45) is -2.65. The van der Waals surface area contributed by atoms with E-state index < -0.39 is 17.3 Å². The molecule has 3 nitrogen and oxygen atoms in total. The predicted octanol–water partition coefficient (Wildman–Crippen LogP) is 5.93. The van der Waals surface area contributed by atoms with Crippen molar-refractivity contribution in [2.75, 3.05) is 0 Å². The third-order valence-corrected chi connectivity index (χ3v) is 5.81. The van der Waals surface area contributed by atoms with Crippen LogP contribution in [0.1, 0.15) is 33.6 Å². The van der Waals surface area contributed by atoms with Gasteiger partial charge in [0, 0.05) is 17.7 Å². The van der Waals surface area contributed by atoms with Crippen LogP contribution in [-0.2, 0) is 24.8 Å². The second kappa shape index (κ2) is 7.02. The van der Waals surface area contributed by atoms with Gasteiger partial charge in [0.15, 0.2) is 0 Å². The molecular weight excluding hydrogens is 385 g/mol. The number of halogens is 3. The average Bonchev–Trinajstić information content (AvgIpc) is 3.14. The summed E-state index contributed by atoms with van der Waals surface area (Å²) in [5.41, 5.74) is 1.73.